The van der Waals surface area contributed by atoms with Gasteiger partial charge in [-0.15, -0.1) is 0 Å². The van der Waals surface area contributed by atoms with Crippen molar-refractivity contribution in [2.45, 2.75) is 58.5 Å². The molecule has 1 N–H and O–H groups in total. The maximum atomic E-state index is 12.0. The Hall–Kier alpha value is -2.07. The Morgan fingerprint density at radius 3 is 2.81 bits per heavy atom. The lowest BCUT2D eigenvalue weighted by Gasteiger charge is -2.22. The SMILES string of the molecule is CCc1ccc(CCc2cc(=O)cc(OCC3CCCCO3)[nH]2)c(C)c1. The number of aromatic nitrogens is 1. The smallest absolute Gasteiger partial charge is 0.194 e. The van der Waals surface area contributed by atoms with E-state index < -0.39 is 0 Å². The zero-order valence-electron chi connectivity index (χ0n) is 15.8. The number of aromatic amines is 1. The molecule has 140 valence electrons. The van der Waals surface area contributed by atoms with E-state index in [2.05, 4.69) is 37.0 Å². The molecule has 2 heterocycles. The Bertz CT molecular complexity index is 775. The van der Waals surface area contributed by atoms with Crippen molar-refractivity contribution in [1.82, 2.24) is 4.98 Å². The Labute approximate surface area is 155 Å². The summed E-state index contributed by atoms with van der Waals surface area (Å²) in [4.78, 5) is 15.3. The van der Waals surface area contributed by atoms with Crippen LogP contribution in [0.2, 0.25) is 0 Å². The lowest BCUT2D eigenvalue weighted by molar-refractivity contribution is -0.0120. The second kappa shape index (κ2) is 9.04. The third-order valence-corrected chi connectivity index (χ3v) is 5.05. The number of hydrogen-bond donors (Lipinski definition) is 1. The first kappa shape index (κ1) is 18.7. The number of aryl methyl sites for hydroxylation is 4. The number of H-pyrrole nitrogens is 1. The Balaban J connectivity index is 1.61. The van der Waals surface area contributed by atoms with Gasteiger partial charge in [-0.1, -0.05) is 25.1 Å². The molecule has 3 rings (SSSR count). The number of pyridine rings is 1. The highest BCUT2D eigenvalue weighted by Crippen LogP contribution is 2.16. The van der Waals surface area contributed by atoms with Crippen LogP contribution < -0.4 is 10.2 Å². The van der Waals surface area contributed by atoms with Crippen LogP contribution in [0.15, 0.2) is 35.1 Å². The minimum Gasteiger partial charge on any atom is -0.476 e. The summed E-state index contributed by atoms with van der Waals surface area (Å²) in [5, 5.41) is 0. The van der Waals surface area contributed by atoms with Gasteiger partial charge in [-0.25, -0.2) is 0 Å². The van der Waals surface area contributed by atoms with E-state index in [1.54, 1.807) is 6.07 Å². The van der Waals surface area contributed by atoms with E-state index in [0.29, 0.717) is 12.5 Å². The van der Waals surface area contributed by atoms with Gasteiger partial charge >= 0.3 is 0 Å². The molecule has 0 aliphatic carbocycles. The fourth-order valence-corrected chi connectivity index (χ4v) is 3.43. The molecule has 1 aromatic carbocycles. The van der Waals surface area contributed by atoms with E-state index in [9.17, 15) is 4.79 Å². The van der Waals surface area contributed by atoms with E-state index in [-0.39, 0.29) is 11.5 Å². The van der Waals surface area contributed by atoms with Crippen LogP contribution in [0.4, 0.5) is 0 Å². The van der Waals surface area contributed by atoms with E-state index in [1.807, 2.05) is 0 Å². The Morgan fingerprint density at radius 1 is 1.19 bits per heavy atom. The summed E-state index contributed by atoms with van der Waals surface area (Å²) in [6, 6.07) is 9.83. The molecular weight excluding hydrogens is 326 g/mol. The molecule has 0 spiro atoms. The molecule has 1 fully saturated rings. The zero-order chi connectivity index (χ0) is 18.4. The van der Waals surface area contributed by atoms with E-state index in [4.69, 9.17) is 9.47 Å². The van der Waals surface area contributed by atoms with Gasteiger partial charge in [0, 0.05) is 24.4 Å². The van der Waals surface area contributed by atoms with Gasteiger partial charge in [-0.3, -0.25) is 4.79 Å². The van der Waals surface area contributed by atoms with Crippen LogP contribution in [0, 0.1) is 6.92 Å². The van der Waals surface area contributed by atoms with Gasteiger partial charge in [0.1, 0.15) is 6.61 Å². The van der Waals surface area contributed by atoms with Crippen LogP contribution in [0.3, 0.4) is 0 Å². The molecule has 4 heteroatoms. The molecule has 1 atom stereocenters. The molecule has 4 nitrogen and oxygen atoms in total. The van der Waals surface area contributed by atoms with E-state index >= 15 is 0 Å². The summed E-state index contributed by atoms with van der Waals surface area (Å²) < 4.78 is 11.5. The third-order valence-electron chi connectivity index (χ3n) is 5.05. The summed E-state index contributed by atoms with van der Waals surface area (Å²) in [5.41, 5.74) is 4.89. The van der Waals surface area contributed by atoms with Crippen LogP contribution >= 0.6 is 0 Å². The molecule has 1 aromatic heterocycles. The molecule has 2 aromatic rings. The van der Waals surface area contributed by atoms with Gasteiger partial charge < -0.3 is 14.5 Å². The average molecular weight is 355 g/mol. The number of nitrogens with one attached hydrogen (secondary N) is 1. The first-order valence-electron chi connectivity index (χ1n) is 9.70. The summed E-state index contributed by atoms with van der Waals surface area (Å²) in [6.45, 7) is 5.63. The van der Waals surface area contributed by atoms with Crippen LogP contribution in [-0.4, -0.2) is 24.3 Å². The lowest BCUT2D eigenvalue weighted by Crippen LogP contribution is -2.26. The van der Waals surface area contributed by atoms with Gasteiger partial charge in [-0.05, 0) is 62.1 Å². The molecule has 0 radical (unpaired) electrons. The van der Waals surface area contributed by atoms with E-state index in [1.165, 1.54) is 29.2 Å². The Morgan fingerprint density at radius 2 is 2.08 bits per heavy atom. The van der Waals surface area contributed by atoms with Gasteiger partial charge in [0.2, 0.25) is 0 Å². The largest absolute Gasteiger partial charge is 0.476 e. The van der Waals surface area contributed by atoms with Crippen molar-refractivity contribution in [3.05, 3.63) is 62.9 Å². The monoisotopic (exact) mass is 355 g/mol. The van der Waals surface area contributed by atoms with Crippen molar-refractivity contribution < 1.29 is 9.47 Å². The average Bonchev–Trinajstić information content (AvgIpc) is 2.66. The summed E-state index contributed by atoms with van der Waals surface area (Å²) >= 11 is 0. The summed E-state index contributed by atoms with van der Waals surface area (Å²) in [7, 11) is 0. The van der Waals surface area contributed by atoms with Crippen molar-refractivity contribution >= 4 is 0 Å². The maximum absolute atomic E-state index is 12.0. The number of benzene rings is 1. The molecule has 0 amide bonds. The molecule has 1 unspecified atom stereocenters. The second-order valence-electron chi connectivity index (χ2n) is 7.12. The fraction of sp³-hybridized carbons (Fsp3) is 0.500. The molecule has 26 heavy (non-hydrogen) atoms. The standard InChI is InChI=1S/C22H29NO3/c1-3-17-7-8-18(16(2)12-17)9-10-19-13-20(24)14-22(23-19)26-15-21-6-4-5-11-25-21/h7-8,12-14,21H,3-6,9-11,15H2,1-2H3,(H,23,24). The zero-order valence-corrected chi connectivity index (χ0v) is 15.8. The quantitative estimate of drug-likeness (QED) is 0.817. The highest BCUT2D eigenvalue weighted by atomic mass is 16.5. The molecule has 1 saturated heterocycles. The number of rotatable bonds is 7. The maximum Gasteiger partial charge on any atom is 0.194 e. The van der Waals surface area contributed by atoms with Gasteiger partial charge in [0.25, 0.3) is 0 Å². The first-order chi connectivity index (χ1) is 12.6. The van der Waals surface area contributed by atoms with Crippen molar-refractivity contribution in [2.75, 3.05) is 13.2 Å². The van der Waals surface area contributed by atoms with Crippen molar-refractivity contribution in [3.63, 3.8) is 0 Å². The van der Waals surface area contributed by atoms with Crippen molar-refractivity contribution in [3.8, 4) is 5.88 Å². The van der Waals surface area contributed by atoms with Gasteiger partial charge in [0.15, 0.2) is 11.3 Å². The van der Waals surface area contributed by atoms with Crippen LogP contribution in [0.5, 0.6) is 5.88 Å². The molecule has 1 aliphatic heterocycles. The highest BCUT2D eigenvalue weighted by molar-refractivity contribution is 5.31. The number of ether oxygens (including phenoxy) is 2. The molecular formula is C22H29NO3. The minimum absolute atomic E-state index is 0.0173. The predicted octanol–water partition coefficient (Wildman–Crippen LogP) is 3.98. The van der Waals surface area contributed by atoms with Crippen LogP contribution in [0.1, 0.15) is 48.6 Å². The summed E-state index contributed by atoms with van der Waals surface area (Å²) in [5.74, 6) is 0.541. The van der Waals surface area contributed by atoms with Crippen molar-refractivity contribution in [1.29, 1.82) is 0 Å². The van der Waals surface area contributed by atoms with Gasteiger partial charge in [-0.2, -0.15) is 0 Å². The van der Waals surface area contributed by atoms with Crippen LogP contribution in [-0.2, 0) is 24.0 Å². The minimum atomic E-state index is -0.0173. The Kier molecular flexibility index (Phi) is 6.51. The highest BCUT2D eigenvalue weighted by Gasteiger charge is 2.14. The molecule has 0 bridgehead atoms. The summed E-state index contributed by atoms with van der Waals surface area (Å²) in [6.07, 6.45) is 6.22. The molecule has 1 aliphatic rings. The third kappa shape index (κ3) is 5.21. The number of hydrogen-bond acceptors (Lipinski definition) is 3. The van der Waals surface area contributed by atoms with E-state index in [0.717, 1.165) is 44.4 Å². The topological polar surface area (TPSA) is 51.3 Å². The normalized spacial score (nSPS) is 17.2. The fourth-order valence-electron chi connectivity index (χ4n) is 3.43. The van der Waals surface area contributed by atoms with Crippen molar-refractivity contribution in [2.24, 2.45) is 0 Å². The first-order valence-corrected chi connectivity index (χ1v) is 9.70. The van der Waals surface area contributed by atoms with Crippen LogP contribution in [0.25, 0.3) is 0 Å². The second-order valence-corrected chi connectivity index (χ2v) is 7.12. The lowest BCUT2D eigenvalue weighted by atomic mass is 9.99. The van der Waals surface area contributed by atoms with Gasteiger partial charge in [0.05, 0.1) is 6.10 Å². The molecule has 0 saturated carbocycles. The predicted molar refractivity (Wildman–Crippen MR) is 104 cm³/mol.